The van der Waals surface area contributed by atoms with Crippen molar-refractivity contribution in [2.75, 3.05) is 0 Å². The molecule has 0 atom stereocenters. The van der Waals surface area contributed by atoms with Crippen LogP contribution in [0.1, 0.15) is 30.2 Å². The molecule has 1 aromatic carbocycles. The SMILES string of the molecule is CC(C)n1cnc2cc(C(=O)O)cc(Cl)c21. The summed E-state index contributed by atoms with van der Waals surface area (Å²) >= 11 is 6.07. The second-order valence-corrected chi connectivity index (χ2v) is 4.28. The minimum absolute atomic E-state index is 0.159. The number of aromatic nitrogens is 2. The quantitative estimate of drug-likeness (QED) is 0.875. The number of hydrogen-bond acceptors (Lipinski definition) is 2. The molecule has 0 radical (unpaired) electrons. The van der Waals surface area contributed by atoms with Crippen molar-refractivity contribution in [3.05, 3.63) is 29.0 Å². The van der Waals surface area contributed by atoms with Gasteiger partial charge in [0.15, 0.2) is 0 Å². The first-order chi connectivity index (χ1) is 7.50. The molecule has 0 spiro atoms. The summed E-state index contributed by atoms with van der Waals surface area (Å²) < 4.78 is 1.92. The van der Waals surface area contributed by atoms with Gasteiger partial charge in [-0.05, 0) is 26.0 Å². The molecule has 2 rings (SSSR count). The van der Waals surface area contributed by atoms with Crippen LogP contribution in [0.15, 0.2) is 18.5 Å². The van der Waals surface area contributed by atoms with Crippen molar-refractivity contribution in [1.82, 2.24) is 9.55 Å². The molecule has 16 heavy (non-hydrogen) atoms. The highest BCUT2D eigenvalue weighted by molar-refractivity contribution is 6.35. The van der Waals surface area contributed by atoms with Crippen LogP contribution in [0, 0.1) is 0 Å². The Morgan fingerprint density at radius 2 is 2.19 bits per heavy atom. The van der Waals surface area contributed by atoms with Gasteiger partial charge in [0.05, 0.1) is 27.9 Å². The lowest BCUT2D eigenvalue weighted by Crippen LogP contribution is -2.00. The van der Waals surface area contributed by atoms with E-state index in [2.05, 4.69) is 4.98 Å². The molecule has 0 amide bonds. The van der Waals surface area contributed by atoms with Crippen molar-refractivity contribution in [2.45, 2.75) is 19.9 Å². The van der Waals surface area contributed by atoms with Crippen molar-refractivity contribution < 1.29 is 9.90 Å². The summed E-state index contributed by atoms with van der Waals surface area (Å²) in [5.41, 5.74) is 1.55. The van der Waals surface area contributed by atoms with E-state index in [1.165, 1.54) is 12.1 Å². The fraction of sp³-hybridized carbons (Fsp3) is 0.273. The normalized spacial score (nSPS) is 11.2. The van der Waals surface area contributed by atoms with E-state index in [0.29, 0.717) is 10.5 Å². The number of fused-ring (bicyclic) bond motifs is 1. The lowest BCUT2D eigenvalue weighted by molar-refractivity contribution is 0.0697. The summed E-state index contributed by atoms with van der Waals surface area (Å²) in [5.74, 6) is -0.997. The number of carbonyl (C=O) groups is 1. The Kier molecular flexibility index (Phi) is 2.59. The summed E-state index contributed by atoms with van der Waals surface area (Å²) in [4.78, 5) is 15.0. The third-order valence-electron chi connectivity index (χ3n) is 2.43. The minimum atomic E-state index is -0.997. The first-order valence-electron chi connectivity index (χ1n) is 4.90. The van der Waals surface area contributed by atoms with Gasteiger partial charge in [-0.15, -0.1) is 0 Å². The molecule has 0 bridgehead atoms. The van der Waals surface area contributed by atoms with E-state index in [1.54, 1.807) is 6.33 Å². The number of carboxylic acid groups (broad SMARTS) is 1. The number of carboxylic acids is 1. The number of benzene rings is 1. The third kappa shape index (κ3) is 1.65. The van der Waals surface area contributed by atoms with Crippen LogP contribution < -0.4 is 0 Å². The molecule has 0 unspecified atom stereocenters. The van der Waals surface area contributed by atoms with Crippen molar-refractivity contribution >= 4 is 28.6 Å². The van der Waals surface area contributed by atoms with Crippen molar-refractivity contribution in [3.8, 4) is 0 Å². The van der Waals surface area contributed by atoms with Crippen LogP contribution in [-0.4, -0.2) is 20.6 Å². The summed E-state index contributed by atoms with van der Waals surface area (Å²) in [6, 6.07) is 3.22. The van der Waals surface area contributed by atoms with Crippen LogP contribution in [0.25, 0.3) is 11.0 Å². The number of aromatic carboxylic acids is 1. The smallest absolute Gasteiger partial charge is 0.335 e. The molecule has 1 N–H and O–H groups in total. The van der Waals surface area contributed by atoms with Crippen LogP contribution in [0.2, 0.25) is 5.02 Å². The molecule has 0 aliphatic carbocycles. The molecule has 0 aliphatic rings. The maximum Gasteiger partial charge on any atom is 0.335 e. The molecule has 0 aliphatic heterocycles. The van der Waals surface area contributed by atoms with E-state index < -0.39 is 5.97 Å². The predicted octanol–water partition coefficient (Wildman–Crippen LogP) is 2.97. The minimum Gasteiger partial charge on any atom is -0.478 e. The highest BCUT2D eigenvalue weighted by Crippen LogP contribution is 2.27. The lowest BCUT2D eigenvalue weighted by Gasteiger charge is -2.09. The highest BCUT2D eigenvalue weighted by atomic mass is 35.5. The molecule has 4 nitrogen and oxygen atoms in total. The monoisotopic (exact) mass is 238 g/mol. The Hall–Kier alpha value is -1.55. The van der Waals surface area contributed by atoms with Gasteiger partial charge in [-0.25, -0.2) is 9.78 Å². The van der Waals surface area contributed by atoms with Gasteiger partial charge in [0.2, 0.25) is 0 Å². The number of halogens is 1. The van der Waals surface area contributed by atoms with E-state index >= 15 is 0 Å². The largest absolute Gasteiger partial charge is 0.478 e. The zero-order valence-corrected chi connectivity index (χ0v) is 9.69. The molecule has 1 heterocycles. The van der Waals surface area contributed by atoms with Gasteiger partial charge in [0.25, 0.3) is 0 Å². The number of nitrogens with zero attached hydrogens (tertiary/aromatic N) is 2. The van der Waals surface area contributed by atoms with Crippen LogP contribution in [0.3, 0.4) is 0 Å². The average molecular weight is 239 g/mol. The van der Waals surface area contributed by atoms with E-state index in [9.17, 15) is 4.79 Å². The second-order valence-electron chi connectivity index (χ2n) is 3.88. The molecule has 0 saturated heterocycles. The summed E-state index contributed by atoms with van der Waals surface area (Å²) in [6.45, 7) is 4.03. The first kappa shape index (κ1) is 11.0. The Morgan fingerprint density at radius 3 is 2.75 bits per heavy atom. The van der Waals surface area contributed by atoms with Crippen molar-refractivity contribution in [1.29, 1.82) is 0 Å². The van der Waals surface area contributed by atoms with E-state index in [-0.39, 0.29) is 11.6 Å². The summed E-state index contributed by atoms with van der Waals surface area (Å²) in [7, 11) is 0. The van der Waals surface area contributed by atoms with Gasteiger partial charge >= 0.3 is 5.97 Å². The highest BCUT2D eigenvalue weighted by Gasteiger charge is 2.13. The molecule has 84 valence electrons. The Bertz CT molecular complexity index is 560. The van der Waals surface area contributed by atoms with Crippen LogP contribution in [0.4, 0.5) is 0 Å². The van der Waals surface area contributed by atoms with Crippen LogP contribution in [0.5, 0.6) is 0 Å². The molecule has 2 aromatic rings. The number of imidazole rings is 1. The first-order valence-corrected chi connectivity index (χ1v) is 5.28. The van der Waals surface area contributed by atoms with E-state index in [0.717, 1.165) is 5.52 Å². The Balaban J connectivity index is 2.73. The Labute approximate surface area is 97.5 Å². The maximum atomic E-state index is 10.8. The van der Waals surface area contributed by atoms with E-state index in [1.807, 2.05) is 18.4 Å². The predicted molar refractivity (Wildman–Crippen MR) is 62.1 cm³/mol. The standard InChI is InChI=1S/C11H11ClN2O2/c1-6(2)14-5-13-9-4-7(11(15)16)3-8(12)10(9)14/h3-6H,1-2H3,(H,15,16). The van der Waals surface area contributed by atoms with Gasteiger partial charge in [0.1, 0.15) is 0 Å². The van der Waals surface area contributed by atoms with Gasteiger partial charge in [-0.1, -0.05) is 11.6 Å². The molecule has 0 fully saturated rings. The van der Waals surface area contributed by atoms with Crippen molar-refractivity contribution in [2.24, 2.45) is 0 Å². The molecule has 5 heteroatoms. The maximum absolute atomic E-state index is 10.8. The molecule has 1 aromatic heterocycles. The third-order valence-corrected chi connectivity index (χ3v) is 2.71. The number of rotatable bonds is 2. The van der Waals surface area contributed by atoms with E-state index in [4.69, 9.17) is 16.7 Å². The van der Waals surface area contributed by atoms with Gasteiger partial charge in [0, 0.05) is 6.04 Å². The number of hydrogen-bond donors (Lipinski definition) is 1. The molecule has 0 saturated carbocycles. The topological polar surface area (TPSA) is 55.1 Å². The van der Waals surface area contributed by atoms with Crippen molar-refractivity contribution in [3.63, 3.8) is 0 Å². The lowest BCUT2D eigenvalue weighted by atomic mass is 10.2. The van der Waals surface area contributed by atoms with Gasteiger partial charge in [-0.2, -0.15) is 0 Å². The van der Waals surface area contributed by atoms with Crippen LogP contribution in [-0.2, 0) is 0 Å². The Morgan fingerprint density at radius 1 is 1.50 bits per heavy atom. The molecular weight excluding hydrogens is 228 g/mol. The summed E-state index contributed by atoms with van der Waals surface area (Å²) in [5, 5.41) is 9.31. The van der Waals surface area contributed by atoms with Crippen LogP contribution >= 0.6 is 11.6 Å². The van der Waals surface area contributed by atoms with Gasteiger partial charge < -0.3 is 9.67 Å². The second kappa shape index (κ2) is 3.79. The molecular formula is C11H11ClN2O2. The zero-order valence-electron chi connectivity index (χ0n) is 8.94. The van der Waals surface area contributed by atoms with Gasteiger partial charge in [-0.3, -0.25) is 0 Å². The zero-order chi connectivity index (χ0) is 11.9. The fourth-order valence-electron chi connectivity index (χ4n) is 1.64. The average Bonchev–Trinajstić information content (AvgIpc) is 2.61. The summed E-state index contributed by atoms with van der Waals surface area (Å²) in [6.07, 6.45) is 1.67. The fourth-order valence-corrected chi connectivity index (χ4v) is 1.95.